The number of anilines is 1. The maximum absolute atomic E-state index is 11.8. The molecule has 25 heavy (non-hydrogen) atoms. The second-order valence-electron chi connectivity index (χ2n) is 5.26. The van der Waals surface area contributed by atoms with E-state index in [0.717, 1.165) is 5.56 Å². The summed E-state index contributed by atoms with van der Waals surface area (Å²) in [5, 5.41) is 16.9. The Kier molecular flexibility index (Phi) is 5.57. The summed E-state index contributed by atoms with van der Waals surface area (Å²) in [4.78, 5) is 33.7. The minimum Gasteiger partial charge on any atom is -0.318 e. The van der Waals surface area contributed by atoms with Crippen molar-refractivity contribution in [3.05, 3.63) is 69.8 Å². The van der Waals surface area contributed by atoms with Gasteiger partial charge in [-0.25, -0.2) is 5.43 Å². The SMILES string of the molecule is CC(=NNC(=O)C(=O)Nc1ccc(C)cc1)c1ccc([N+](=O)[O-])cc1. The van der Waals surface area contributed by atoms with Crippen LogP contribution in [0.3, 0.4) is 0 Å². The molecule has 0 atom stereocenters. The van der Waals surface area contributed by atoms with Crippen molar-refractivity contribution in [3.63, 3.8) is 0 Å². The summed E-state index contributed by atoms with van der Waals surface area (Å²) < 4.78 is 0. The number of carbonyl (C=O) groups excluding carboxylic acids is 2. The fourth-order valence-corrected chi connectivity index (χ4v) is 1.90. The average Bonchev–Trinajstić information content (AvgIpc) is 2.61. The van der Waals surface area contributed by atoms with Gasteiger partial charge in [-0.2, -0.15) is 5.10 Å². The van der Waals surface area contributed by atoms with Crippen molar-refractivity contribution in [2.45, 2.75) is 13.8 Å². The lowest BCUT2D eigenvalue weighted by Gasteiger charge is -2.05. The van der Waals surface area contributed by atoms with Crippen molar-refractivity contribution in [1.29, 1.82) is 0 Å². The first kappa shape index (κ1) is 17.8. The normalized spacial score (nSPS) is 10.9. The summed E-state index contributed by atoms with van der Waals surface area (Å²) in [5.74, 6) is -1.76. The van der Waals surface area contributed by atoms with Crippen LogP contribution < -0.4 is 10.7 Å². The van der Waals surface area contributed by atoms with Gasteiger partial charge in [0.05, 0.1) is 10.6 Å². The number of amides is 2. The van der Waals surface area contributed by atoms with E-state index >= 15 is 0 Å². The topological polar surface area (TPSA) is 114 Å². The van der Waals surface area contributed by atoms with Crippen LogP contribution in [0.1, 0.15) is 18.1 Å². The van der Waals surface area contributed by atoms with E-state index in [4.69, 9.17) is 0 Å². The molecule has 8 nitrogen and oxygen atoms in total. The molecule has 128 valence electrons. The first-order valence-electron chi connectivity index (χ1n) is 7.34. The van der Waals surface area contributed by atoms with E-state index in [1.54, 1.807) is 19.1 Å². The maximum Gasteiger partial charge on any atom is 0.329 e. The molecule has 2 rings (SSSR count). The van der Waals surface area contributed by atoms with Gasteiger partial charge < -0.3 is 5.32 Å². The highest BCUT2D eigenvalue weighted by molar-refractivity contribution is 6.39. The first-order chi connectivity index (χ1) is 11.9. The third-order valence-electron chi connectivity index (χ3n) is 3.34. The quantitative estimate of drug-likeness (QED) is 0.385. The van der Waals surface area contributed by atoms with Gasteiger partial charge >= 0.3 is 11.8 Å². The molecule has 0 aliphatic heterocycles. The summed E-state index contributed by atoms with van der Waals surface area (Å²) in [6, 6.07) is 12.7. The van der Waals surface area contributed by atoms with Crippen molar-refractivity contribution >= 4 is 28.9 Å². The molecule has 2 aromatic rings. The molecule has 2 N–H and O–H groups in total. The number of nitro benzene ring substituents is 1. The van der Waals surface area contributed by atoms with Gasteiger partial charge in [0.25, 0.3) is 5.69 Å². The van der Waals surface area contributed by atoms with Crippen LogP contribution in [0.5, 0.6) is 0 Å². The van der Waals surface area contributed by atoms with Gasteiger partial charge in [-0.05, 0) is 43.7 Å². The summed E-state index contributed by atoms with van der Waals surface area (Å²) >= 11 is 0. The zero-order valence-electron chi connectivity index (χ0n) is 13.6. The third kappa shape index (κ3) is 4.96. The lowest BCUT2D eigenvalue weighted by atomic mass is 10.1. The van der Waals surface area contributed by atoms with Crippen molar-refractivity contribution in [3.8, 4) is 0 Å². The second kappa shape index (κ2) is 7.82. The third-order valence-corrected chi connectivity index (χ3v) is 3.34. The molecule has 0 aliphatic carbocycles. The standard InChI is InChI=1S/C17H16N4O4/c1-11-3-7-14(8-4-11)18-16(22)17(23)20-19-12(2)13-5-9-15(10-6-13)21(24)25/h3-10H,1-2H3,(H,18,22)(H,20,23). The number of hydrogen-bond acceptors (Lipinski definition) is 5. The van der Waals surface area contributed by atoms with Gasteiger partial charge in [0.2, 0.25) is 0 Å². The molecule has 0 spiro atoms. The molecule has 0 aromatic heterocycles. The molecule has 0 unspecified atom stereocenters. The molecule has 0 aliphatic rings. The van der Waals surface area contributed by atoms with E-state index < -0.39 is 16.7 Å². The van der Waals surface area contributed by atoms with Crippen LogP contribution in [0.25, 0.3) is 0 Å². The maximum atomic E-state index is 11.8. The molecule has 8 heteroatoms. The number of nitro groups is 1. The number of aryl methyl sites for hydroxylation is 1. The van der Waals surface area contributed by atoms with Gasteiger partial charge in [0.15, 0.2) is 0 Å². The Morgan fingerprint density at radius 1 is 1.00 bits per heavy atom. The number of nitrogens with zero attached hydrogens (tertiary/aromatic N) is 2. The minimum atomic E-state index is -0.915. The van der Waals surface area contributed by atoms with Crippen LogP contribution in [-0.4, -0.2) is 22.4 Å². The zero-order chi connectivity index (χ0) is 18.4. The lowest BCUT2D eigenvalue weighted by Crippen LogP contribution is -2.32. The number of benzene rings is 2. The lowest BCUT2D eigenvalue weighted by molar-refractivity contribution is -0.384. The molecule has 2 amide bonds. The molecule has 0 saturated carbocycles. The van der Waals surface area contributed by atoms with E-state index in [-0.39, 0.29) is 5.69 Å². The monoisotopic (exact) mass is 340 g/mol. The smallest absolute Gasteiger partial charge is 0.318 e. The van der Waals surface area contributed by atoms with Crippen molar-refractivity contribution in [1.82, 2.24) is 5.43 Å². The highest BCUT2D eigenvalue weighted by Gasteiger charge is 2.13. The Labute approximate surface area is 143 Å². The summed E-state index contributed by atoms with van der Waals surface area (Å²) in [5.41, 5.74) is 4.64. The predicted molar refractivity (Wildman–Crippen MR) is 93.3 cm³/mol. The molecule has 2 aromatic carbocycles. The Balaban J connectivity index is 1.96. The fraction of sp³-hybridized carbons (Fsp3) is 0.118. The fourth-order valence-electron chi connectivity index (χ4n) is 1.90. The van der Waals surface area contributed by atoms with Gasteiger partial charge in [-0.15, -0.1) is 0 Å². The molecule has 0 fully saturated rings. The van der Waals surface area contributed by atoms with Gasteiger partial charge in [-0.3, -0.25) is 19.7 Å². The van der Waals surface area contributed by atoms with Gasteiger partial charge in [0, 0.05) is 17.8 Å². The van der Waals surface area contributed by atoms with E-state index in [0.29, 0.717) is 17.0 Å². The van der Waals surface area contributed by atoms with Crippen LogP contribution in [0.15, 0.2) is 53.6 Å². The van der Waals surface area contributed by atoms with E-state index in [9.17, 15) is 19.7 Å². The summed E-state index contributed by atoms with van der Waals surface area (Å²) in [7, 11) is 0. The number of hydrogen-bond donors (Lipinski definition) is 2. The summed E-state index contributed by atoms with van der Waals surface area (Å²) in [6.45, 7) is 3.52. The molecular formula is C17H16N4O4. The van der Waals surface area contributed by atoms with Crippen LogP contribution >= 0.6 is 0 Å². The van der Waals surface area contributed by atoms with Crippen molar-refractivity contribution in [2.24, 2.45) is 5.10 Å². The molecule has 0 radical (unpaired) electrons. The van der Waals surface area contributed by atoms with Crippen molar-refractivity contribution < 1.29 is 14.5 Å². The van der Waals surface area contributed by atoms with Gasteiger partial charge in [-0.1, -0.05) is 17.7 Å². The molecule has 0 saturated heterocycles. The van der Waals surface area contributed by atoms with E-state index in [1.165, 1.54) is 24.3 Å². The number of hydrazone groups is 1. The minimum absolute atomic E-state index is 0.0435. The average molecular weight is 340 g/mol. The molecular weight excluding hydrogens is 324 g/mol. The molecule has 0 heterocycles. The van der Waals surface area contributed by atoms with Crippen LogP contribution in [0.4, 0.5) is 11.4 Å². The highest BCUT2D eigenvalue weighted by Crippen LogP contribution is 2.12. The second-order valence-corrected chi connectivity index (χ2v) is 5.26. The number of rotatable bonds is 4. The number of nitrogens with one attached hydrogen (secondary N) is 2. The largest absolute Gasteiger partial charge is 0.329 e. The summed E-state index contributed by atoms with van der Waals surface area (Å²) in [6.07, 6.45) is 0. The van der Waals surface area contributed by atoms with Crippen LogP contribution in [0.2, 0.25) is 0 Å². The van der Waals surface area contributed by atoms with Crippen molar-refractivity contribution in [2.75, 3.05) is 5.32 Å². The Hall–Kier alpha value is -3.55. The van der Waals surface area contributed by atoms with Crippen LogP contribution in [0, 0.1) is 17.0 Å². The Bertz CT molecular complexity index is 827. The van der Waals surface area contributed by atoms with Gasteiger partial charge in [0.1, 0.15) is 0 Å². The zero-order valence-corrected chi connectivity index (χ0v) is 13.6. The highest BCUT2D eigenvalue weighted by atomic mass is 16.6. The molecule has 0 bridgehead atoms. The predicted octanol–water partition coefficient (Wildman–Crippen LogP) is 2.38. The van der Waals surface area contributed by atoms with E-state index in [2.05, 4.69) is 15.8 Å². The van der Waals surface area contributed by atoms with E-state index in [1.807, 2.05) is 19.1 Å². The number of non-ortho nitro benzene ring substituents is 1. The van der Waals surface area contributed by atoms with Crippen LogP contribution in [-0.2, 0) is 9.59 Å². The Morgan fingerprint density at radius 3 is 2.16 bits per heavy atom. The Morgan fingerprint density at radius 2 is 1.60 bits per heavy atom. The number of carbonyl (C=O) groups is 2. The first-order valence-corrected chi connectivity index (χ1v) is 7.34.